The number of carbonyl (C=O) groups excluding carboxylic acids is 3. The Bertz CT molecular complexity index is 1090. The third kappa shape index (κ3) is 6.00. The van der Waals surface area contributed by atoms with E-state index in [0.29, 0.717) is 9.75 Å². The normalized spacial score (nSPS) is 16.3. The molecule has 2 atom stereocenters. The van der Waals surface area contributed by atoms with Gasteiger partial charge in [0.1, 0.15) is 11.6 Å². The first-order valence-corrected chi connectivity index (χ1v) is 9.80. The van der Waals surface area contributed by atoms with E-state index in [0.717, 1.165) is 34.4 Å². The third-order valence-electron chi connectivity index (χ3n) is 4.47. The van der Waals surface area contributed by atoms with Crippen LogP contribution in [0, 0.1) is 11.6 Å². The molecule has 0 radical (unpaired) electrons. The summed E-state index contributed by atoms with van der Waals surface area (Å²) in [6.07, 6.45) is 1.92. The van der Waals surface area contributed by atoms with Gasteiger partial charge in [0, 0.05) is 40.7 Å². The molecular weight excluding hydrogens is 455 g/mol. The van der Waals surface area contributed by atoms with Crippen molar-refractivity contribution in [1.82, 2.24) is 15.5 Å². The zero-order chi connectivity index (χ0) is 22.7. The molecule has 2 heterocycles. The van der Waals surface area contributed by atoms with Crippen LogP contribution >= 0.6 is 11.3 Å². The fourth-order valence-electron chi connectivity index (χ4n) is 2.92. The van der Waals surface area contributed by atoms with Gasteiger partial charge in [-0.3, -0.25) is 14.4 Å². The number of likely N-dealkylation sites (N-methyl/N-ethyl adjacent to an activating group) is 1. The van der Waals surface area contributed by atoms with Crippen LogP contribution < -0.4 is 10.6 Å². The van der Waals surface area contributed by atoms with Crippen LogP contribution in [0.25, 0.3) is 10.4 Å². The van der Waals surface area contributed by atoms with Crippen molar-refractivity contribution < 1.29 is 33.1 Å². The minimum absolute atomic E-state index is 0. The number of carboxylic acids is 1. The predicted molar refractivity (Wildman–Crippen MR) is 114 cm³/mol. The molecule has 0 spiro atoms. The van der Waals surface area contributed by atoms with Crippen LogP contribution in [0.5, 0.6) is 0 Å². The van der Waals surface area contributed by atoms with E-state index in [-0.39, 0.29) is 35.1 Å². The Labute approximate surface area is 207 Å². The van der Waals surface area contributed by atoms with Crippen LogP contribution in [-0.4, -0.2) is 76.3 Å². The Morgan fingerprint density at radius 3 is 2.59 bits per heavy atom. The zero-order valence-corrected chi connectivity index (χ0v) is 16.9. The van der Waals surface area contributed by atoms with E-state index in [9.17, 15) is 33.1 Å². The predicted octanol–water partition coefficient (Wildman–Crippen LogP) is 1.78. The first-order valence-electron chi connectivity index (χ1n) is 8.98. The summed E-state index contributed by atoms with van der Waals surface area (Å²) in [6.45, 7) is 0. The van der Waals surface area contributed by atoms with Crippen LogP contribution in [0.15, 0.2) is 42.6 Å². The molecule has 0 fully saturated rings. The number of benzene rings is 1. The van der Waals surface area contributed by atoms with Gasteiger partial charge in [-0.1, -0.05) is 0 Å². The fourth-order valence-corrected chi connectivity index (χ4v) is 4.00. The molecule has 8 nitrogen and oxygen atoms in total. The number of hydrogen-bond donors (Lipinski definition) is 3. The van der Waals surface area contributed by atoms with Crippen LogP contribution in [0.2, 0.25) is 0 Å². The number of thiophene rings is 1. The van der Waals surface area contributed by atoms with Gasteiger partial charge in [0.25, 0.3) is 5.91 Å². The van der Waals surface area contributed by atoms with Crippen molar-refractivity contribution in [2.45, 2.75) is 18.5 Å². The van der Waals surface area contributed by atoms with Crippen LogP contribution in [0.1, 0.15) is 17.3 Å². The van der Waals surface area contributed by atoms with Gasteiger partial charge >= 0.3 is 41.6 Å². The number of amides is 3. The van der Waals surface area contributed by atoms with Crippen molar-refractivity contribution in [2.75, 3.05) is 7.05 Å². The number of aliphatic carboxylic acids is 1. The van der Waals surface area contributed by atoms with Crippen molar-refractivity contribution >= 4 is 64.6 Å². The Balaban J connectivity index is 0.00000363. The standard InChI is InChI=1S/C20H17F2N3O5S.Na.H/c1-25-7-6-14(26)18(19(25)29)24-20(30)23-13(9-17(27)28)16-5-4-15(31-16)11-3-2-10(21)8-12(11)22;;/h2-8,13,18H,9H2,1H3,(H,27,28)(H2,23,24,30);;. The Kier molecular flexibility index (Phi) is 8.67. The molecule has 3 rings (SSSR count). The first kappa shape index (κ1) is 25.7. The summed E-state index contributed by atoms with van der Waals surface area (Å²) in [4.78, 5) is 49.6. The monoisotopic (exact) mass is 473 g/mol. The fraction of sp³-hybridized carbons (Fsp3) is 0.200. The quantitative estimate of drug-likeness (QED) is 0.437. The van der Waals surface area contributed by atoms with E-state index >= 15 is 0 Å². The first-order chi connectivity index (χ1) is 14.7. The molecule has 0 saturated heterocycles. The molecular formula is C20H18F2N3NaO5S. The molecule has 0 bridgehead atoms. The number of nitrogens with one attached hydrogen (secondary N) is 2. The van der Waals surface area contributed by atoms with Gasteiger partial charge in [0.2, 0.25) is 0 Å². The Hall–Kier alpha value is -2.60. The number of carboxylic acid groups (broad SMARTS) is 1. The number of halogens is 2. The number of ketones is 1. The summed E-state index contributed by atoms with van der Waals surface area (Å²) in [5.74, 6) is -3.96. The molecule has 0 aliphatic carbocycles. The number of nitrogens with zero attached hydrogens (tertiary/aromatic N) is 1. The van der Waals surface area contributed by atoms with E-state index < -0.39 is 53.8 Å². The number of hydrogen-bond acceptors (Lipinski definition) is 5. The maximum absolute atomic E-state index is 14.1. The SMILES string of the molecule is CN1C=CC(=O)C(NC(=O)NC(CC(=O)O)c2ccc(-c3ccc(F)cc3F)s2)C1=O.[NaH]. The molecule has 164 valence electrons. The molecule has 12 heteroatoms. The third-order valence-corrected chi connectivity index (χ3v) is 5.70. The summed E-state index contributed by atoms with van der Waals surface area (Å²) >= 11 is 1.02. The molecule has 3 amide bonds. The maximum atomic E-state index is 14.1. The Morgan fingerprint density at radius 1 is 1.22 bits per heavy atom. The van der Waals surface area contributed by atoms with Gasteiger partial charge in [-0.25, -0.2) is 13.6 Å². The summed E-state index contributed by atoms with van der Waals surface area (Å²) in [5.41, 5.74) is 0.129. The second-order valence-electron chi connectivity index (χ2n) is 6.69. The van der Waals surface area contributed by atoms with E-state index in [4.69, 9.17) is 0 Å². The molecule has 0 saturated carbocycles. The van der Waals surface area contributed by atoms with Gasteiger partial charge in [-0.2, -0.15) is 0 Å². The summed E-state index contributed by atoms with van der Waals surface area (Å²) in [7, 11) is 1.42. The van der Waals surface area contributed by atoms with E-state index in [2.05, 4.69) is 10.6 Å². The molecule has 3 N–H and O–H groups in total. The van der Waals surface area contributed by atoms with Gasteiger partial charge < -0.3 is 20.6 Å². The molecule has 1 aliphatic rings. The zero-order valence-electron chi connectivity index (χ0n) is 16.1. The topological polar surface area (TPSA) is 116 Å². The van der Waals surface area contributed by atoms with Crippen molar-refractivity contribution in [3.05, 3.63) is 59.1 Å². The minimum atomic E-state index is -1.42. The molecule has 2 unspecified atom stereocenters. The average Bonchev–Trinajstić information content (AvgIpc) is 3.17. The van der Waals surface area contributed by atoms with Crippen molar-refractivity contribution in [3.63, 3.8) is 0 Å². The van der Waals surface area contributed by atoms with Gasteiger partial charge in [-0.15, -0.1) is 11.3 Å². The van der Waals surface area contributed by atoms with E-state index in [1.165, 1.54) is 31.4 Å². The van der Waals surface area contributed by atoms with Crippen LogP contribution in [-0.2, 0) is 14.4 Å². The number of urea groups is 1. The molecule has 32 heavy (non-hydrogen) atoms. The Morgan fingerprint density at radius 2 is 1.94 bits per heavy atom. The van der Waals surface area contributed by atoms with Crippen LogP contribution in [0.3, 0.4) is 0 Å². The van der Waals surface area contributed by atoms with Gasteiger partial charge in [0.05, 0.1) is 12.5 Å². The van der Waals surface area contributed by atoms with Gasteiger partial charge in [0.15, 0.2) is 11.8 Å². The van der Waals surface area contributed by atoms with E-state index in [1.807, 2.05) is 0 Å². The second kappa shape index (κ2) is 10.8. The van der Waals surface area contributed by atoms with Crippen LogP contribution in [0.4, 0.5) is 13.6 Å². The summed E-state index contributed by atoms with van der Waals surface area (Å²) in [5, 5.41) is 13.9. The average molecular weight is 473 g/mol. The van der Waals surface area contributed by atoms with Crippen molar-refractivity contribution in [2.24, 2.45) is 0 Å². The van der Waals surface area contributed by atoms with Crippen molar-refractivity contribution in [1.29, 1.82) is 0 Å². The summed E-state index contributed by atoms with van der Waals surface area (Å²) in [6, 6.07) is 2.79. The summed E-state index contributed by atoms with van der Waals surface area (Å²) < 4.78 is 27.2. The molecule has 2 aromatic rings. The van der Waals surface area contributed by atoms with Gasteiger partial charge in [-0.05, 0) is 24.3 Å². The second-order valence-corrected chi connectivity index (χ2v) is 7.81. The van der Waals surface area contributed by atoms with E-state index in [1.54, 1.807) is 0 Å². The molecule has 1 aromatic heterocycles. The number of carbonyl (C=O) groups is 4. The number of rotatable bonds is 6. The van der Waals surface area contributed by atoms with Crippen molar-refractivity contribution in [3.8, 4) is 10.4 Å². The molecule has 1 aliphatic heterocycles. The molecule has 1 aromatic carbocycles.